The van der Waals surface area contributed by atoms with Gasteiger partial charge in [0.1, 0.15) is 18.2 Å². The lowest BCUT2D eigenvalue weighted by atomic mass is 10.1. The number of benzene rings is 2. The smallest absolute Gasteiger partial charge is 0.237 e. The van der Waals surface area contributed by atoms with E-state index in [0.29, 0.717) is 17.9 Å². The van der Waals surface area contributed by atoms with Crippen LogP contribution in [-0.2, 0) is 17.9 Å². The summed E-state index contributed by atoms with van der Waals surface area (Å²) in [6, 6.07) is 14.1. The molecular weight excluding hydrogens is 307 g/mol. The Labute approximate surface area is 141 Å². The van der Waals surface area contributed by atoms with Gasteiger partial charge in [-0.2, -0.15) is 0 Å². The summed E-state index contributed by atoms with van der Waals surface area (Å²) < 4.78 is 19.2. The van der Waals surface area contributed by atoms with Gasteiger partial charge in [-0.15, -0.1) is 0 Å². The van der Waals surface area contributed by atoms with Gasteiger partial charge in [-0.05, 0) is 36.6 Å². The first-order chi connectivity index (χ1) is 11.7. The Hall–Kier alpha value is -2.40. The lowest BCUT2D eigenvalue weighted by molar-refractivity contribution is -0.124. The molecule has 2 N–H and O–H groups in total. The molecule has 0 saturated carbocycles. The minimum absolute atomic E-state index is 0.0751. The summed E-state index contributed by atoms with van der Waals surface area (Å²) in [5.41, 5.74) is 1.61. The second-order valence-electron chi connectivity index (χ2n) is 5.89. The Morgan fingerprint density at radius 3 is 2.71 bits per heavy atom. The van der Waals surface area contributed by atoms with E-state index in [0.717, 1.165) is 24.9 Å². The molecule has 2 aromatic rings. The van der Waals surface area contributed by atoms with Crippen molar-refractivity contribution < 1.29 is 13.9 Å². The van der Waals surface area contributed by atoms with Gasteiger partial charge >= 0.3 is 0 Å². The summed E-state index contributed by atoms with van der Waals surface area (Å²) in [5.74, 6) is 0.507. The minimum Gasteiger partial charge on any atom is -0.489 e. The second kappa shape index (κ2) is 7.93. The second-order valence-corrected chi connectivity index (χ2v) is 5.89. The Bertz CT molecular complexity index is 688. The molecule has 0 aliphatic carbocycles. The van der Waals surface area contributed by atoms with Crippen LogP contribution < -0.4 is 15.4 Å². The molecule has 3 rings (SSSR count). The predicted octanol–water partition coefficient (Wildman–Crippen LogP) is 2.77. The van der Waals surface area contributed by atoms with Crippen molar-refractivity contribution in [1.82, 2.24) is 10.6 Å². The van der Waals surface area contributed by atoms with Gasteiger partial charge in [0, 0.05) is 18.7 Å². The molecule has 1 fully saturated rings. The third kappa shape index (κ3) is 4.32. The highest BCUT2D eigenvalue weighted by Gasteiger charge is 2.20. The van der Waals surface area contributed by atoms with Crippen LogP contribution in [0.25, 0.3) is 0 Å². The first-order valence-corrected chi connectivity index (χ1v) is 8.18. The molecule has 0 radical (unpaired) electrons. The van der Waals surface area contributed by atoms with Gasteiger partial charge in [0.05, 0.1) is 6.04 Å². The molecule has 126 valence electrons. The monoisotopic (exact) mass is 328 g/mol. The molecule has 1 aliphatic heterocycles. The third-order valence-corrected chi connectivity index (χ3v) is 4.11. The van der Waals surface area contributed by atoms with E-state index < -0.39 is 0 Å². The van der Waals surface area contributed by atoms with Crippen molar-refractivity contribution in [3.8, 4) is 5.75 Å². The number of halogens is 1. The maximum Gasteiger partial charge on any atom is 0.237 e. The number of carbonyl (C=O) groups is 1. The number of amides is 1. The largest absolute Gasteiger partial charge is 0.489 e. The van der Waals surface area contributed by atoms with Crippen molar-refractivity contribution in [1.29, 1.82) is 0 Å². The highest BCUT2D eigenvalue weighted by Crippen LogP contribution is 2.16. The molecule has 0 bridgehead atoms. The van der Waals surface area contributed by atoms with Crippen molar-refractivity contribution in [3.05, 3.63) is 65.5 Å². The van der Waals surface area contributed by atoms with Gasteiger partial charge in [0.25, 0.3) is 0 Å². The number of hydrogen-bond donors (Lipinski definition) is 2. The average Bonchev–Trinajstić information content (AvgIpc) is 2.61. The number of rotatable bonds is 6. The number of hydrogen-bond acceptors (Lipinski definition) is 3. The van der Waals surface area contributed by atoms with E-state index in [4.69, 9.17) is 4.74 Å². The average molecular weight is 328 g/mol. The summed E-state index contributed by atoms with van der Waals surface area (Å²) in [5, 5.41) is 6.13. The normalized spacial score (nSPS) is 17.4. The van der Waals surface area contributed by atoms with Gasteiger partial charge < -0.3 is 15.4 Å². The molecule has 0 spiro atoms. The van der Waals surface area contributed by atoms with E-state index >= 15 is 0 Å². The summed E-state index contributed by atoms with van der Waals surface area (Å²) >= 11 is 0. The van der Waals surface area contributed by atoms with Crippen molar-refractivity contribution in [2.45, 2.75) is 32.0 Å². The van der Waals surface area contributed by atoms with Crippen LogP contribution in [0.2, 0.25) is 0 Å². The maximum atomic E-state index is 13.5. The highest BCUT2D eigenvalue weighted by atomic mass is 19.1. The van der Waals surface area contributed by atoms with Crippen molar-refractivity contribution in [2.75, 3.05) is 6.54 Å². The zero-order valence-electron chi connectivity index (χ0n) is 13.4. The molecule has 1 amide bonds. The van der Waals surface area contributed by atoms with E-state index in [1.54, 1.807) is 18.2 Å². The van der Waals surface area contributed by atoms with E-state index in [2.05, 4.69) is 10.6 Å². The zero-order valence-corrected chi connectivity index (χ0v) is 13.4. The van der Waals surface area contributed by atoms with Crippen molar-refractivity contribution in [2.24, 2.45) is 0 Å². The first-order valence-electron chi connectivity index (χ1n) is 8.18. The summed E-state index contributed by atoms with van der Waals surface area (Å²) in [4.78, 5) is 11.7. The van der Waals surface area contributed by atoms with Gasteiger partial charge in [-0.1, -0.05) is 30.3 Å². The van der Waals surface area contributed by atoms with Crippen LogP contribution in [0.3, 0.4) is 0 Å². The van der Waals surface area contributed by atoms with Crippen LogP contribution in [0.4, 0.5) is 4.39 Å². The number of ether oxygens (including phenoxy) is 1. The van der Waals surface area contributed by atoms with Crippen LogP contribution in [0.5, 0.6) is 5.75 Å². The highest BCUT2D eigenvalue weighted by molar-refractivity contribution is 5.82. The Balaban J connectivity index is 1.50. The molecule has 1 unspecified atom stereocenters. The zero-order chi connectivity index (χ0) is 16.8. The van der Waals surface area contributed by atoms with Crippen molar-refractivity contribution >= 4 is 5.91 Å². The van der Waals surface area contributed by atoms with Gasteiger partial charge in [-0.25, -0.2) is 4.39 Å². The predicted molar refractivity (Wildman–Crippen MR) is 90.0 cm³/mol. The molecule has 1 atom stereocenters. The molecule has 4 nitrogen and oxygen atoms in total. The lowest BCUT2D eigenvalue weighted by Crippen LogP contribution is -2.47. The van der Waals surface area contributed by atoms with Crippen LogP contribution in [0, 0.1) is 5.82 Å². The van der Waals surface area contributed by atoms with Crippen LogP contribution in [0.1, 0.15) is 24.0 Å². The molecule has 0 aromatic heterocycles. The summed E-state index contributed by atoms with van der Waals surface area (Å²) in [7, 11) is 0. The van der Waals surface area contributed by atoms with Crippen molar-refractivity contribution in [3.63, 3.8) is 0 Å². The third-order valence-electron chi connectivity index (χ3n) is 4.11. The van der Waals surface area contributed by atoms with Gasteiger partial charge in [0.2, 0.25) is 5.91 Å². The van der Waals surface area contributed by atoms with E-state index in [-0.39, 0.29) is 24.4 Å². The molecule has 1 saturated heterocycles. The Morgan fingerprint density at radius 2 is 1.96 bits per heavy atom. The summed E-state index contributed by atoms with van der Waals surface area (Å²) in [6.07, 6.45) is 1.88. The topological polar surface area (TPSA) is 50.4 Å². The number of piperidine rings is 1. The van der Waals surface area contributed by atoms with Crippen LogP contribution >= 0.6 is 0 Å². The lowest BCUT2D eigenvalue weighted by Gasteiger charge is -2.22. The first kappa shape index (κ1) is 16.5. The molecule has 1 heterocycles. The van der Waals surface area contributed by atoms with E-state index in [9.17, 15) is 9.18 Å². The quantitative estimate of drug-likeness (QED) is 0.857. The van der Waals surface area contributed by atoms with E-state index in [1.165, 1.54) is 6.07 Å². The summed E-state index contributed by atoms with van der Waals surface area (Å²) in [6.45, 7) is 1.60. The van der Waals surface area contributed by atoms with E-state index in [1.807, 2.05) is 24.3 Å². The molecular formula is C19H21FN2O2. The fraction of sp³-hybridized carbons (Fsp3) is 0.316. The molecule has 1 aliphatic rings. The number of nitrogens with one attached hydrogen (secondary N) is 2. The molecule has 2 aromatic carbocycles. The van der Waals surface area contributed by atoms with Crippen LogP contribution in [-0.4, -0.2) is 18.5 Å². The maximum absolute atomic E-state index is 13.5. The Kier molecular flexibility index (Phi) is 5.43. The SMILES string of the molecule is O=C1NCCCC1NCc1ccc(OCc2ccccc2F)cc1. The standard InChI is InChI=1S/C19H21FN2O2/c20-17-5-2-1-4-15(17)13-24-16-9-7-14(8-10-16)12-22-18-6-3-11-21-19(18)23/h1-2,4-5,7-10,18,22H,3,6,11-13H2,(H,21,23). The Morgan fingerprint density at radius 1 is 1.17 bits per heavy atom. The number of carbonyl (C=O) groups excluding carboxylic acids is 1. The van der Waals surface area contributed by atoms with Crippen LogP contribution in [0.15, 0.2) is 48.5 Å². The van der Waals surface area contributed by atoms with Gasteiger partial charge in [0.15, 0.2) is 0 Å². The molecule has 5 heteroatoms. The van der Waals surface area contributed by atoms with Gasteiger partial charge in [-0.3, -0.25) is 4.79 Å². The fourth-order valence-electron chi connectivity index (χ4n) is 2.69. The molecule has 24 heavy (non-hydrogen) atoms. The minimum atomic E-state index is -0.260. The fourth-order valence-corrected chi connectivity index (χ4v) is 2.69.